The van der Waals surface area contributed by atoms with E-state index in [0.717, 1.165) is 12.0 Å². The number of anilines is 2. The lowest BCUT2D eigenvalue weighted by atomic mass is 10.1. The van der Waals surface area contributed by atoms with E-state index in [1.807, 2.05) is 13.8 Å². The normalized spacial score (nSPS) is 10.3. The number of aromatic hydroxyl groups is 1. The van der Waals surface area contributed by atoms with E-state index >= 15 is 0 Å². The molecule has 0 saturated carbocycles. The highest BCUT2D eigenvalue weighted by Gasteiger charge is 2.11. The van der Waals surface area contributed by atoms with Gasteiger partial charge in [0.15, 0.2) is 0 Å². The highest BCUT2D eigenvalue weighted by molar-refractivity contribution is 6.05. The van der Waals surface area contributed by atoms with Gasteiger partial charge in [0.1, 0.15) is 11.5 Å². The Bertz CT molecular complexity index is 684. The molecule has 0 atom stereocenters. The van der Waals surface area contributed by atoms with E-state index in [0.29, 0.717) is 29.3 Å². The van der Waals surface area contributed by atoms with E-state index in [4.69, 9.17) is 10.5 Å². The minimum Gasteiger partial charge on any atom is -0.506 e. The fourth-order valence-electron chi connectivity index (χ4n) is 1.98. The van der Waals surface area contributed by atoms with Crippen molar-refractivity contribution in [3.05, 3.63) is 47.5 Å². The van der Waals surface area contributed by atoms with Crippen LogP contribution in [0.1, 0.15) is 29.3 Å². The zero-order valence-corrected chi connectivity index (χ0v) is 12.7. The Kier molecular flexibility index (Phi) is 4.88. The summed E-state index contributed by atoms with van der Waals surface area (Å²) in [6.07, 6.45) is 0.883. The zero-order chi connectivity index (χ0) is 16.1. The summed E-state index contributed by atoms with van der Waals surface area (Å²) >= 11 is 0. The quantitative estimate of drug-likeness (QED) is 0.584. The summed E-state index contributed by atoms with van der Waals surface area (Å²) < 4.78 is 5.48. The van der Waals surface area contributed by atoms with Crippen LogP contribution in [-0.4, -0.2) is 17.6 Å². The molecule has 22 heavy (non-hydrogen) atoms. The molecule has 2 rings (SSSR count). The number of hydrogen-bond donors (Lipinski definition) is 3. The molecule has 2 aromatic carbocycles. The first-order valence-corrected chi connectivity index (χ1v) is 7.14. The molecule has 0 bridgehead atoms. The van der Waals surface area contributed by atoms with E-state index in [1.165, 1.54) is 0 Å². The minimum absolute atomic E-state index is 0.0230. The second-order valence-electron chi connectivity index (χ2n) is 5.08. The molecule has 5 heteroatoms. The molecule has 4 N–H and O–H groups in total. The number of carbonyl (C=O) groups excluding carboxylic acids is 1. The van der Waals surface area contributed by atoms with Crippen LogP contribution < -0.4 is 15.8 Å². The minimum atomic E-state index is -0.338. The summed E-state index contributed by atoms with van der Waals surface area (Å²) in [6, 6.07) is 9.89. The molecular weight excluding hydrogens is 280 g/mol. The molecule has 0 fully saturated rings. The first-order valence-electron chi connectivity index (χ1n) is 7.14. The van der Waals surface area contributed by atoms with Gasteiger partial charge in [-0.05, 0) is 49.2 Å². The molecule has 0 spiro atoms. The number of hydrogen-bond acceptors (Lipinski definition) is 4. The van der Waals surface area contributed by atoms with E-state index in [1.54, 1.807) is 36.4 Å². The van der Waals surface area contributed by atoms with Crippen molar-refractivity contribution in [2.75, 3.05) is 17.7 Å². The lowest BCUT2D eigenvalue weighted by Gasteiger charge is -2.11. The molecule has 0 unspecified atom stereocenters. The molecule has 116 valence electrons. The van der Waals surface area contributed by atoms with Gasteiger partial charge in [-0.25, -0.2) is 0 Å². The Balaban J connectivity index is 2.16. The number of nitrogen functional groups attached to an aromatic ring is 1. The summed E-state index contributed by atoms with van der Waals surface area (Å²) in [6.45, 7) is 4.46. The summed E-state index contributed by atoms with van der Waals surface area (Å²) in [5.74, 6) is 0.251. The second kappa shape index (κ2) is 6.85. The number of amides is 1. The van der Waals surface area contributed by atoms with E-state index in [2.05, 4.69) is 5.32 Å². The maximum atomic E-state index is 12.2. The number of rotatable bonds is 5. The fourth-order valence-corrected chi connectivity index (χ4v) is 1.98. The largest absolute Gasteiger partial charge is 0.506 e. The fraction of sp³-hybridized carbons (Fsp3) is 0.235. The number of aryl methyl sites for hydroxylation is 1. The molecule has 0 aliphatic carbocycles. The van der Waals surface area contributed by atoms with E-state index in [9.17, 15) is 9.90 Å². The maximum absolute atomic E-state index is 12.2. The summed E-state index contributed by atoms with van der Waals surface area (Å²) in [4.78, 5) is 12.2. The zero-order valence-electron chi connectivity index (χ0n) is 12.7. The van der Waals surface area contributed by atoms with Crippen molar-refractivity contribution >= 4 is 17.3 Å². The highest BCUT2D eigenvalue weighted by atomic mass is 16.5. The van der Waals surface area contributed by atoms with Gasteiger partial charge in [0.05, 0.1) is 18.0 Å². The van der Waals surface area contributed by atoms with Crippen molar-refractivity contribution in [3.8, 4) is 11.5 Å². The first-order chi connectivity index (χ1) is 10.5. The lowest BCUT2D eigenvalue weighted by molar-refractivity contribution is 0.102. The van der Waals surface area contributed by atoms with Crippen molar-refractivity contribution < 1.29 is 14.6 Å². The molecule has 0 radical (unpaired) electrons. The number of benzene rings is 2. The molecule has 0 heterocycles. The van der Waals surface area contributed by atoms with Crippen molar-refractivity contribution in [3.63, 3.8) is 0 Å². The molecule has 1 amide bonds. The van der Waals surface area contributed by atoms with Crippen molar-refractivity contribution in [2.24, 2.45) is 0 Å². The van der Waals surface area contributed by atoms with Crippen molar-refractivity contribution in [2.45, 2.75) is 20.3 Å². The monoisotopic (exact) mass is 300 g/mol. The number of nitrogens with two attached hydrogens (primary N) is 1. The van der Waals surface area contributed by atoms with Crippen LogP contribution in [0.25, 0.3) is 0 Å². The van der Waals surface area contributed by atoms with Gasteiger partial charge in [-0.1, -0.05) is 13.0 Å². The number of carbonyl (C=O) groups is 1. The number of phenols is 1. The Morgan fingerprint density at radius 2 is 2.05 bits per heavy atom. The Morgan fingerprint density at radius 1 is 1.27 bits per heavy atom. The predicted octanol–water partition coefficient (Wildman–Crippen LogP) is 3.32. The third-order valence-electron chi connectivity index (χ3n) is 3.13. The van der Waals surface area contributed by atoms with Crippen LogP contribution in [0.4, 0.5) is 11.4 Å². The van der Waals surface area contributed by atoms with E-state index in [-0.39, 0.29) is 11.7 Å². The molecule has 5 nitrogen and oxygen atoms in total. The molecule has 0 aromatic heterocycles. The van der Waals surface area contributed by atoms with Crippen molar-refractivity contribution in [1.82, 2.24) is 0 Å². The lowest BCUT2D eigenvalue weighted by Crippen LogP contribution is -2.12. The third-order valence-corrected chi connectivity index (χ3v) is 3.13. The van der Waals surface area contributed by atoms with Gasteiger partial charge in [0.2, 0.25) is 0 Å². The summed E-state index contributed by atoms with van der Waals surface area (Å²) in [5.41, 5.74) is 8.02. The Hall–Kier alpha value is -2.69. The molecular formula is C17H20N2O3. The van der Waals surface area contributed by atoms with E-state index < -0.39 is 0 Å². The van der Waals surface area contributed by atoms with Crippen LogP contribution >= 0.6 is 0 Å². The van der Waals surface area contributed by atoms with Gasteiger partial charge in [-0.3, -0.25) is 4.79 Å². The van der Waals surface area contributed by atoms with Gasteiger partial charge in [-0.15, -0.1) is 0 Å². The average molecular weight is 300 g/mol. The van der Waals surface area contributed by atoms with Gasteiger partial charge < -0.3 is 20.9 Å². The Morgan fingerprint density at radius 3 is 2.73 bits per heavy atom. The van der Waals surface area contributed by atoms with Crippen LogP contribution in [-0.2, 0) is 0 Å². The SMILES string of the molecule is CCCOc1ccc(C(=O)Nc2cc(C)ccc2O)cc1N. The van der Waals surface area contributed by atoms with Crippen LogP contribution in [0.5, 0.6) is 11.5 Å². The molecule has 0 aliphatic heterocycles. The van der Waals surface area contributed by atoms with Crippen LogP contribution in [0.2, 0.25) is 0 Å². The summed E-state index contributed by atoms with van der Waals surface area (Å²) in [7, 11) is 0. The smallest absolute Gasteiger partial charge is 0.255 e. The van der Waals surface area contributed by atoms with Gasteiger partial charge >= 0.3 is 0 Å². The second-order valence-corrected chi connectivity index (χ2v) is 5.08. The third kappa shape index (κ3) is 3.69. The van der Waals surface area contributed by atoms with Gasteiger partial charge in [-0.2, -0.15) is 0 Å². The van der Waals surface area contributed by atoms with Gasteiger partial charge in [0.25, 0.3) is 5.91 Å². The molecule has 0 aliphatic rings. The van der Waals surface area contributed by atoms with Crippen LogP contribution in [0, 0.1) is 6.92 Å². The van der Waals surface area contributed by atoms with Crippen molar-refractivity contribution in [1.29, 1.82) is 0 Å². The molecule has 2 aromatic rings. The topological polar surface area (TPSA) is 84.6 Å². The van der Waals surface area contributed by atoms with Crippen LogP contribution in [0.3, 0.4) is 0 Å². The predicted molar refractivity (Wildman–Crippen MR) is 87.4 cm³/mol. The maximum Gasteiger partial charge on any atom is 0.255 e. The number of phenolic OH excluding ortho intramolecular Hbond substituents is 1. The first kappa shape index (κ1) is 15.7. The summed E-state index contributed by atoms with van der Waals surface area (Å²) in [5, 5.41) is 12.4. The van der Waals surface area contributed by atoms with Crippen LogP contribution in [0.15, 0.2) is 36.4 Å². The standard InChI is InChI=1S/C17H20N2O3/c1-3-8-22-16-7-5-12(10-13(16)18)17(21)19-14-9-11(2)4-6-15(14)20/h4-7,9-10,20H,3,8,18H2,1-2H3,(H,19,21). The van der Waals surface area contributed by atoms with Gasteiger partial charge in [0, 0.05) is 5.56 Å². The number of nitrogens with one attached hydrogen (secondary N) is 1. The molecule has 0 saturated heterocycles. The number of ether oxygens (including phenoxy) is 1. The average Bonchev–Trinajstić information content (AvgIpc) is 2.49. The Labute approximate surface area is 129 Å². The highest BCUT2D eigenvalue weighted by Crippen LogP contribution is 2.26.